The van der Waals surface area contributed by atoms with Gasteiger partial charge in [0, 0.05) is 24.7 Å². The third-order valence-electron chi connectivity index (χ3n) is 2.65. The van der Waals surface area contributed by atoms with Crippen LogP contribution in [0, 0.1) is 5.82 Å². The second-order valence-corrected chi connectivity index (χ2v) is 4.32. The fraction of sp³-hybridized carbons (Fsp3) is 0.455. The molecule has 0 saturated carbocycles. The van der Waals surface area contributed by atoms with Crippen LogP contribution in [-0.2, 0) is 6.54 Å². The Morgan fingerprint density at radius 3 is 3.00 bits per heavy atom. The van der Waals surface area contributed by atoms with Crippen LogP contribution in [-0.4, -0.2) is 29.2 Å². The summed E-state index contributed by atoms with van der Waals surface area (Å²) in [6.45, 7) is 2.09. The van der Waals surface area contributed by atoms with Crippen molar-refractivity contribution >= 4 is 11.6 Å². The maximum absolute atomic E-state index is 13.0. The van der Waals surface area contributed by atoms with Gasteiger partial charge in [-0.05, 0) is 30.2 Å². The molecule has 15 heavy (non-hydrogen) atoms. The predicted molar refractivity (Wildman–Crippen MR) is 57.3 cm³/mol. The lowest BCUT2D eigenvalue weighted by atomic mass is 10.2. The maximum atomic E-state index is 13.0. The summed E-state index contributed by atoms with van der Waals surface area (Å²) in [6.07, 6.45) is 0.532. The highest BCUT2D eigenvalue weighted by Gasteiger charge is 2.20. The van der Waals surface area contributed by atoms with Crippen LogP contribution in [0.3, 0.4) is 0 Å². The van der Waals surface area contributed by atoms with Crippen molar-refractivity contribution in [2.75, 3.05) is 13.1 Å². The predicted octanol–water partition coefficient (Wildman–Crippen LogP) is 2.05. The molecule has 0 radical (unpaired) electrons. The third kappa shape index (κ3) is 2.68. The van der Waals surface area contributed by atoms with Gasteiger partial charge in [0.15, 0.2) is 0 Å². The fourth-order valence-corrected chi connectivity index (χ4v) is 2.04. The Balaban J connectivity index is 2.07. The number of nitrogens with zero attached hydrogens (tertiary/aromatic N) is 1. The average Bonchev–Trinajstić information content (AvgIpc) is 2.58. The minimum Gasteiger partial charge on any atom is -0.392 e. The van der Waals surface area contributed by atoms with Crippen LogP contribution >= 0.6 is 11.6 Å². The number of β-amino-alcohol motifs (C(OH)–C–C–N with tert-alkyl or cyclic N) is 1. The van der Waals surface area contributed by atoms with Crippen LogP contribution in [0.1, 0.15) is 12.0 Å². The number of likely N-dealkylation sites (tertiary alicyclic amines) is 1. The van der Waals surface area contributed by atoms with Gasteiger partial charge in [0.25, 0.3) is 0 Å². The quantitative estimate of drug-likeness (QED) is 0.839. The van der Waals surface area contributed by atoms with Crippen molar-refractivity contribution in [3.05, 3.63) is 34.6 Å². The lowest BCUT2D eigenvalue weighted by Gasteiger charge is -2.15. The molecule has 0 bridgehead atoms. The molecule has 1 saturated heterocycles. The highest BCUT2D eigenvalue weighted by molar-refractivity contribution is 6.31. The Hall–Kier alpha value is -0.640. The molecule has 2 nitrogen and oxygen atoms in total. The molecule has 1 aromatic carbocycles. The lowest BCUT2D eigenvalue weighted by Crippen LogP contribution is -2.21. The third-order valence-corrected chi connectivity index (χ3v) is 3.02. The van der Waals surface area contributed by atoms with Crippen molar-refractivity contribution in [1.82, 2.24) is 4.90 Å². The summed E-state index contributed by atoms with van der Waals surface area (Å²) >= 11 is 5.96. The van der Waals surface area contributed by atoms with E-state index in [9.17, 15) is 9.50 Å². The molecule has 0 aromatic heterocycles. The largest absolute Gasteiger partial charge is 0.392 e. The van der Waals surface area contributed by atoms with E-state index in [0.717, 1.165) is 18.5 Å². The van der Waals surface area contributed by atoms with Gasteiger partial charge in [0.05, 0.1) is 6.10 Å². The Bertz CT molecular complexity index is 358. The molecular formula is C11H13ClFNO. The summed E-state index contributed by atoms with van der Waals surface area (Å²) in [4.78, 5) is 2.07. The standard InChI is InChI=1S/C11H13ClFNO/c12-11-2-1-9(13)5-8(11)6-14-4-3-10(15)7-14/h1-2,5,10,15H,3-4,6-7H2/t10-/m1/s1. The van der Waals surface area contributed by atoms with Crippen LogP contribution < -0.4 is 0 Å². The fourth-order valence-electron chi connectivity index (χ4n) is 1.86. The van der Waals surface area contributed by atoms with Crippen molar-refractivity contribution in [1.29, 1.82) is 0 Å². The van der Waals surface area contributed by atoms with Crippen molar-refractivity contribution < 1.29 is 9.50 Å². The zero-order valence-electron chi connectivity index (χ0n) is 8.29. The Morgan fingerprint density at radius 2 is 2.33 bits per heavy atom. The first-order valence-corrected chi connectivity index (χ1v) is 5.37. The van der Waals surface area contributed by atoms with Gasteiger partial charge >= 0.3 is 0 Å². The SMILES string of the molecule is O[C@@H]1CCN(Cc2cc(F)ccc2Cl)C1. The van der Waals surface area contributed by atoms with E-state index in [-0.39, 0.29) is 11.9 Å². The molecule has 1 heterocycles. The van der Waals surface area contributed by atoms with E-state index in [1.54, 1.807) is 6.07 Å². The molecule has 4 heteroatoms. The van der Waals surface area contributed by atoms with Crippen LogP contribution in [0.5, 0.6) is 0 Å². The lowest BCUT2D eigenvalue weighted by molar-refractivity contribution is 0.175. The van der Waals surface area contributed by atoms with Crippen LogP contribution in [0.25, 0.3) is 0 Å². The molecule has 0 spiro atoms. The molecule has 2 rings (SSSR count). The molecule has 1 aliphatic rings. The smallest absolute Gasteiger partial charge is 0.123 e. The minimum absolute atomic E-state index is 0.252. The average molecular weight is 230 g/mol. The second kappa shape index (κ2) is 4.47. The van der Waals surface area contributed by atoms with Gasteiger partial charge in [-0.3, -0.25) is 4.90 Å². The van der Waals surface area contributed by atoms with E-state index >= 15 is 0 Å². The molecule has 1 N–H and O–H groups in total. The van der Waals surface area contributed by atoms with Gasteiger partial charge in [0.2, 0.25) is 0 Å². The van der Waals surface area contributed by atoms with E-state index in [1.165, 1.54) is 12.1 Å². The molecule has 0 aliphatic carbocycles. The zero-order valence-corrected chi connectivity index (χ0v) is 9.04. The maximum Gasteiger partial charge on any atom is 0.123 e. The first-order valence-electron chi connectivity index (χ1n) is 4.99. The number of hydrogen-bond acceptors (Lipinski definition) is 2. The molecule has 82 valence electrons. The highest BCUT2D eigenvalue weighted by Crippen LogP contribution is 2.21. The van der Waals surface area contributed by atoms with E-state index in [2.05, 4.69) is 4.90 Å². The number of benzene rings is 1. The molecule has 1 atom stereocenters. The van der Waals surface area contributed by atoms with E-state index < -0.39 is 0 Å². The number of aliphatic hydroxyl groups is 1. The van der Waals surface area contributed by atoms with Crippen molar-refractivity contribution in [2.45, 2.75) is 19.1 Å². The number of halogens is 2. The van der Waals surface area contributed by atoms with Crippen LogP contribution in [0.15, 0.2) is 18.2 Å². The number of rotatable bonds is 2. The number of hydrogen-bond donors (Lipinski definition) is 1. The van der Waals surface area contributed by atoms with Crippen molar-refractivity contribution in [2.24, 2.45) is 0 Å². The Labute approximate surface area is 93.3 Å². The summed E-state index contributed by atoms with van der Waals surface area (Å²) in [5.41, 5.74) is 0.783. The molecule has 0 amide bonds. The molecular weight excluding hydrogens is 217 g/mol. The summed E-state index contributed by atoms with van der Waals surface area (Å²) in [5, 5.41) is 9.93. The van der Waals surface area contributed by atoms with Gasteiger partial charge in [0.1, 0.15) is 5.82 Å². The van der Waals surface area contributed by atoms with Gasteiger partial charge < -0.3 is 5.11 Å². The summed E-state index contributed by atoms with van der Waals surface area (Å²) < 4.78 is 13.0. The van der Waals surface area contributed by atoms with E-state index in [0.29, 0.717) is 18.1 Å². The first-order chi connectivity index (χ1) is 7.15. The van der Waals surface area contributed by atoms with Crippen LogP contribution in [0.4, 0.5) is 4.39 Å². The van der Waals surface area contributed by atoms with E-state index in [4.69, 9.17) is 11.6 Å². The highest BCUT2D eigenvalue weighted by atomic mass is 35.5. The van der Waals surface area contributed by atoms with Gasteiger partial charge in [-0.1, -0.05) is 11.6 Å². The molecule has 1 aliphatic heterocycles. The summed E-state index contributed by atoms with van der Waals surface area (Å²) in [7, 11) is 0. The molecule has 1 fully saturated rings. The Morgan fingerprint density at radius 1 is 1.53 bits per heavy atom. The van der Waals surface area contributed by atoms with Crippen LogP contribution in [0.2, 0.25) is 5.02 Å². The normalized spacial score (nSPS) is 22.2. The summed E-state index contributed by atoms with van der Waals surface area (Å²) in [6, 6.07) is 4.37. The monoisotopic (exact) mass is 229 g/mol. The topological polar surface area (TPSA) is 23.5 Å². The molecule has 0 unspecified atom stereocenters. The minimum atomic E-state index is -0.269. The van der Waals surface area contributed by atoms with Gasteiger partial charge in [-0.15, -0.1) is 0 Å². The van der Waals surface area contributed by atoms with Crippen molar-refractivity contribution in [3.8, 4) is 0 Å². The first kappa shape index (κ1) is 10.9. The summed E-state index contributed by atoms with van der Waals surface area (Å²) in [5.74, 6) is -0.269. The molecule has 1 aromatic rings. The van der Waals surface area contributed by atoms with Gasteiger partial charge in [-0.25, -0.2) is 4.39 Å². The van der Waals surface area contributed by atoms with Gasteiger partial charge in [-0.2, -0.15) is 0 Å². The number of aliphatic hydroxyl groups excluding tert-OH is 1. The van der Waals surface area contributed by atoms with Crippen molar-refractivity contribution in [3.63, 3.8) is 0 Å². The second-order valence-electron chi connectivity index (χ2n) is 3.91. The van der Waals surface area contributed by atoms with E-state index in [1.807, 2.05) is 0 Å². The Kier molecular flexibility index (Phi) is 3.24. The zero-order chi connectivity index (χ0) is 10.8.